The number of hydrogen-bond donors (Lipinski definition) is 1. The number of carbonyl (C=O) groups is 1. The molecule has 22 heavy (non-hydrogen) atoms. The molecule has 2 aromatic heterocycles. The Balaban J connectivity index is 1.53. The summed E-state index contributed by atoms with van der Waals surface area (Å²) < 4.78 is 3.67. The molecule has 0 bridgehead atoms. The first kappa shape index (κ1) is 14.6. The van der Waals surface area contributed by atoms with Crippen molar-refractivity contribution in [2.45, 2.75) is 45.3 Å². The molecule has 0 aliphatic carbocycles. The number of nitrogens with one attached hydrogen (secondary N) is 1. The maximum absolute atomic E-state index is 12.1. The summed E-state index contributed by atoms with van der Waals surface area (Å²) in [5.41, 5.74) is 0.942. The molecule has 2 aromatic rings. The van der Waals surface area contributed by atoms with E-state index in [-0.39, 0.29) is 17.5 Å². The lowest BCUT2D eigenvalue weighted by atomic mass is 10.1. The number of aryl methyl sites for hydroxylation is 3. The van der Waals surface area contributed by atoms with E-state index in [0.717, 1.165) is 30.9 Å². The number of imidazole rings is 1. The van der Waals surface area contributed by atoms with Crippen molar-refractivity contribution < 1.29 is 4.79 Å². The number of fused-ring (bicyclic) bond motifs is 1. The summed E-state index contributed by atoms with van der Waals surface area (Å²) >= 11 is 0. The molecule has 0 radical (unpaired) electrons. The van der Waals surface area contributed by atoms with Crippen molar-refractivity contribution >= 4 is 5.91 Å². The second-order valence-corrected chi connectivity index (χ2v) is 5.74. The van der Waals surface area contributed by atoms with Gasteiger partial charge in [0, 0.05) is 50.4 Å². The molecule has 3 rings (SSSR count). The molecule has 1 amide bonds. The van der Waals surface area contributed by atoms with Gasteiger partial charge in [-0.25, -0.2) is 4.98 Å². The van der Waals surface area contributed by atoms with E-state index in [4.69, 9.17) is 0 Å². The van der Waals surface area contributed by atoms with Crippen LogP contribution in [0.2, 0.25) is 0 Å². The fraction of sp³-hybridized carbons (Fsp3) is 0.438. The fourth-order valence-electron chi connectivity index (χ4n) is 2.87. The number of amides is 1. The summed E-state index contributed by atoms with van der Waals surface area (Å²) in [6.07, 6.45) is 5.84. The van der Waals surface area contributed by atoms with Gasteiger partial charge < -0.3 is 14.5 Å². The molecule has 0 saturated carbocycles. The molecule has 6 heteroatoms. The molecule has 6 nitrogen and oxygen atoms in total. The van der Waals surface area contributed by atoms with E-state index in [1.54, 1.807) is 22.9 Å². The van der Waals surface area contributed by atoms with Gasteiger partial charge in [0.05, 0.1) is 5.69 Å². The highest BCUT2D eigenvalue weighted by molar-refractivity contribution is 5.76. The lowest BCUT2D eigenvalue weighted by Gasteiger charge is -2.24. The highest BCUT2D eigenvalue weighted by Gasteiger charge is 2.20. The Labute approximate surface area is 128 Å². The Hall–Kier alpha value is -2.37. The molecule has 0 fully saturated rings. The second kappa shape index (κ2) is 6.17. The Morgan fingerprint density at radius 2 is 2.32 bits per heavy atom. The Morgan fingerprint density at radius 3 is 3.14 bits per heavy atom. The monoisotopic (exact) mass is 300 g/mol. The van der Waals surface area contributed by atoms with Crippen LogP contribution >= 0.6 is 0 Å². The summed E-state index contributed by atoms with van der Waals surface area (Å²) in [5.74, 6) is 1.08. The summed E-state index contributed by atoms with van der Waals surface area (Å²) in [6.45, 7) is 3.16. The largest absolute Gasteiger partial charge is 0.352 e. The van der Waals surface area contributed by atoms with Crippen LogP contribution in [-0.4, -0.2) is 26.1 Å². The van der Waals surface area contributed by atoms with Gasteiger partial charge >= 0.3 is 0 Å². The lowest BCUT2D eigenvalue weighted by Crippen LogP contribution is -2.41. The summed E-state index contributed by atoms with van der Waals surface area (Å²) in [4.78, 5) is 28.1. The molecule has 0 aromatic carbocycles. The zero-order chi connectivity index (χ0) is 15.5. The summed E-state index contributed by atoms with van der Waals surface area (Å²) in [7, 11) is 0. The number of nitrogens with zero attached hydrogens (tertiary/aromatic N) is 3. The first-order valence-corrected chi connectivity index (χ1v) is 7.59. The third kappa shape index (κ3) is 3.27. The third-order valence-corrected chi connectivity index (χ3v) is 3.96. The Bertz CT molecular complexity index is 732. The van der Waals surface area contributed by atoms with Crippen LogP contribution < -0.4 is 10.9 Å². The van der Waals surface area contributed by atoms with Gasteiger partial charge in [0.25, 0.3) is 5.56 Å². The number of hydrogen-bond acceptors (Lipinski definition) is 3. The van der Waals surface area contributed by atoms with Gasteiger partial charge in [0.1, 0.15) is 5.82 Å². The van der Waals surface area contributed by atoms with Crippen LogP contribution in [0.3, 0.4) is 0 Å². The van der Waals surface area contributed by atoms with Gasteiger partial charge in [-0.15, -0.1) is 0 Å². The smallest absolute Gasteiger partial charge is 0.250 e. The fourth-order valence-corrected chi connectivity index (χ4v) is 2.87. The standard InChI is InChI=1S/C16H20N4O2/c1-12-10-20-11-13(5-6-14(20)17-12)18-15(21)7-9-19-8-3-2-4-16(19)22/h2-4,8,10,13H,5-7,9,11H2,1H3,(H,18,21)/t13-/m0/s1. The lowest BCUT2D eigenvalue weighted by molar-refractivity contribution is -0.122. The van der Waals surface area contributed by atoms with E-state index in [1.807, 2.05) is 13.1 Å². The van der Waals surface area contributed by atoms with E-state index in [1.165, 1.54) is 6.07 Å². The molecule has 0 saturated heterocycles. The minimum Gasteiger partial charge on any atom is -0.352 e. The Kier molecular flexibility index (Phi) is 4.09. The van der Waals surface area contributed by atoms with Crippen molar-refractivity contribution in [3.05, 3.63) is 52.5 Å². The number of rotatable bonds is 4. The number of carbonyl (C=O) groups excluding carboxylic acids is 1. The highest BCUT2D eigenvalue weighted by Crippen LogP contribution is 2.15. The molecular weight excluding hydrogens is 280 g/mol. The predicted molar refractivity (Wildman–Crippen MR) is 82.5 cm³/mol. The molecule has 1 aliphatic heterocycles. The van der Waals surface area contributed by atoms with Gasteiger partial charge in [-0.2, -0.15) is 0 Å². The van der Waals surface area contributed by atoms with Crippen molar-refractivity contribution in [3.8, 4) is 0 Å². The van der Waals surface area contributed by atoms with Gasteiger partial charge in [-0.05, 0) is 19.4 Å². The molecule has 0 unspecified atom stereocenters. The van der Waals surface area contributed by atoms with E-state index >= 15 is 0 Å². The van der Waals surface area contributed by atoms with Crippen LogP contribution in [0.5, 0.6) is 0 Å². The maximum Gasteiger partial charge on any atom is 0.250 e. The minimum atomic E-state index is -0.0773. The van der Waals surface area contributed by atoms with E-state index in [9.17, 15) is 9.59 Å². The van der Waals surface area contributed by atoms with Crippen molar-refractivity contribution in [3.63, 3.8) is 0 Å². The van der Waals surface area contributed by atoms with E-state index in [0.29, 0.717) is 13.0 Å². The SMILES string of the molecule is Cc1cn2c(n1)CC[C@H](NC(=O)CCn1ccccc1=O)C2. The normalized spacial score (nSPS) is 17.0. The van der Waals surface area contributed by atoms with Crippen molar-refractivity contribution in [2.24, 2.45) is 0 Å². The quantitative estimate of drug-likeness (QED) is 0.911. The van der Waals surface area contributed by atoms with E-state index in [2.05, 4.69) is 14.9 Å². The van der Waals surface area contributed by atoms with Crippen molar-refractivity contribution in [2.75, 3.05) is 0 Å². The molecule has 1 N–H and O–H groups in total. The molecule has 3 heterocycles. The van der Waals surface area contributed by atoms with Gasteiger partial charge in [0.2, 0.25) is 5.91 Å². The van der Waals surface area contributed by atoms with Crippen LogP contribution in [0.15, 0.2) is 35.4 Å². The summed E-state index contributed by atoms with van der Waals surface area (Å²) in [6, 6.07) is 5.14. The van der Waals surface area contributed by atoms with Crippen LogP contribution in [0, 0.1) is 6.92 Å². The van der Waals surface area contributed by atoms with Gasteiger partial charge in [-0.1, -0.05) is 6.07 Å². The van der Waals surface area contributed by atoms with Crippen LogP contribution in [0.1, 0.15) is 24.4 Å². The third-order valence-electron chi connectivity index (χ3n) is 3.96. The second-order valence-electron chi connectivity index (χ2n) is 5.74. The zero-order valence-corrected chi connectivity index (χ0v) is 12.7. The minimum absolute atomic E-state index is 0.0129. The average Bonchev–Trinajstić information content (AvgIpc) is 2.86. The molecule has 1 atom stereocenters. The van der Waals surface area contributed by atoms with Gasteiger partial charge in [0.15, 0.2) is 0 Å². The zero-order valence-electron chi connectivity index (χ0n) is 12.7. The molecular formula is C16H20N4O2. The number of pyridine rings is 1. The molecule has 116 valence electrons. The first-order valence-electron chi connectivity index (χ1n) is 7.59. The van der Waals surface area contributed by atoms with E-state index < -0.39 is 0 Å². The topological polar surface area (TPSA) is 68.9 Å². The Morgan fingerprint density at radius 1 is 1.45 bits per heavy atom. The first-order chi connectivity index (χ1) is 10.6. The average molecular weight is 300 g/mol. The van der Waals surface area contributed by atoms with Crippen molar-refractivity contribution in [1.82, 2.24) is 19.4 Å². The van der Waals surface area contributed by atoms with Crippen molar-refractivity contribution in [1.29, 1.82) is 0 Å². The predicted octanol–water partition coefficient (Wildman–Crippen LogP) is 0.875. The van der Waals surface area contributed by atoms with Gasteiger partial charge in [-0.3, -0.25) is 9.59 Å². The summed E-state index contributed by atoms with van der Waals surface area (Å²) in [5, 5.41) is 3.06. The molecule has 0 spiro atoms. The number of aromatic nitrogens is 3. The molecule has 1 aliphatic rings. The van der Waals surface area contributed by atoms with Crippen LogP contribution in [0.25, 0.3) is 0 Å². The van der Waals surface area contributed by atoms with Crippen LogP contribution in [0.4, 0.5) is 0 Å². The maximum atomic E-state index is 12.1. The van der Waals surface area contributed by atoms with Crippen LogP contribution in [-0.2, 0) is 24.3 Å². The highest BCUT2D eigenvalue weighted by atomic mass is 16.2.